The molecule has 0 aliphatic carbocycles. The van der Waals surface area contributed by atoms with Crippen molar-refractivity contribution in [1.29, 1.82) is 0 Å². The highest BCUT2D eigenvalue weighted by Crippen LogP contribution is 2.35. The molecule has 0 aliphatic rings. The number of aromatic nitrogens is 2. The molecule has 0 atom stereocenters. The maximum Gasteiger partial charge on any atom is 0.161 e. The zero-order valence-electron chi connectivity index (χ0n) is 15.0. The van der Waals surface area contributed by atoms with Crippen molar-refractivity contribution in [2.45, 2.75) is 19.8 Å². The topological polar surface area (TPSA) is 37.8 Å². The van der Waals surface area contributed by atoms with Crippen LogP contribution >= 0.6 is 0 Å². The lowest BCUT2D eigenvalue weighted by atomic mass is 9.99. The highest BCUT2D eigenvalue weighted by atomic mass is 15.2. The van der Waals surface area contributed by atoms with E-state index in [1.165, 1.54) is 5.56 Å². The first-order valence-corrected chi connectivity index (χ1v) is 8.91. The van der Waals surface area contributed by atoms with Gasteiger partial charge in [0.15, 0.2) is 5.82 Å². The molecular weight excluding hydrogens is 318 g/mol. The van der Waals surface area contributed by atoms with Crippen molar-refractivity contribution in [3.63, 3.8) is 0 Å². The number of fused-ring (bicyclic) bond motifs is 1. The smallest absolute Gasteiger partial charge is 0.161 e. The highest BCUT2D eigenvalue weighted by molar-refractivity contribution is 6.00. The van der Waals surface area contributed by atoms with Gasteiger partial charge >= 0.3 is 0 Å². The van der Waals surface area contributed by atoms with E-state index in [1.807, 2.05) is 30.3 Å². The molecule has 3 aromatic carbocycles. The monoisotopic (exact) mass is 339 g/mol. The lowest BCUT2D eigenvalue weighted by Crippen LogP contribution is -2.03. The second kappa shape index (κ2) is 6.96. The summed E-state index contributed by atoms with van der Waals surface area (Å²) in [7, 11) is 0. The Bertz CT molecular complexity index is 1040. The van der Waals surface area contributed by atoms with Gasteiger partial charge in [-0.05, 0) is 29.2 Å². The van der Waals surface area contributed by atoms with E-state index in [0.717, 1.165) is 33.5 Å². The molecule has 4 rings (SSSR count). The van der Waals surface area contributed by atoms with Gasteiger partial charge in [-0.25, -0.2) is 0 Å². The van der Waals surface area contributed by atoms with Crippen LogP contribution in [0.25, 0.3) is 22.0 Å². The van der Waals surface area contributed by atoms with Gasteiger partial charge in [-0.2, -0.15) is 0 Å². The molecule has 0 bridgehead atoms. The number of nitrogens with one attached hydrogen (secondary N) is 1. The van der Waals surface area contributed by atoms with Crippen LogP contribution in [0.5, 0.6) is 0 Å². The molecule has 0 amide bonds. The predicted molar refractivity (Wildman–Crippen MR) is 109 cm³/mol. The first-order valence-electron chi connectivity index (χ1n) is 8.91. The lowest BCUT2D eigenvalue weighted by Gasteiger charge is -2.17. The van der Waals surface area contributed by atoms with Crippen molar-refractivity contribution in [2.75, 3.05) is 5.32 Å². The molecule has 0 unspecified atom stereocenters. The van der Waals surface area contributed by atoms with E-state index in [-0.39, 0.29) is 0 Å². The Labute approximate surface area is 153 Å². The van der Waals surface area contributed by atoms with Crippen LogP contribution in [0.15, 0.2) is 78.9 Å². The van der Waals surface area contributed by atoms with Crippen LogP contribution in [0.1, 0.15) is 25.3 Å². The van der Waals surface area contributed by atoms with Gasteiger partial charge in [0.2, 0.25) is 0 Å². The average molecular weight is 339 g/mol. The van der Waals surface area contributed by atoms with Crippen molar-refractivity contribution < 1.29 is 0 Å². The van der Waals surface area contributed by atoms with Crippen LogP contribution in [0.3, 0.4) is 0 Å². The minimum atomic E-state index is 0.423. The first kappa shape index (κ1) is 16.3. The number of hydrogen-bond acceptors (Lipinski definition) is 3. The Kier molecular flexibility index (Phi) is 4.36. The number of benzene rings is 3. The number of para-hydroxylation sites is 1. The summed E-state index contributed by atoms with van der Waals surface area (Å²) in [6.45, 7) is 4.40. The second-order valence-electron chi connectivity index (χ2n) is 6.67. The van der Waals surface area contributed by atoms with Gasteiger partial charge in [0.05, 0.1) is 5.52 Å². The molecule has 26 heavy (non-hydrogen) atoms. The van der Waals surface area contributed by atoms with Gasteiger partial charge in [-0.15, -0.1) is 10.2 Å². The normalized spacial score (nSPS) is 11.0. The van der Waals surface area contributed by atoms with Crippen molar-refractivity contribution in [3.8, 4) is 11.1 Å². The fourth-order valence-corrected chi connectivity index (χ4v) is 3.28. The molecule has 3 heteroatoms. The molecule has 0 radical (unpaired) electrons. The molecule has 1 heterocycles. The minimum absolute atomic E-state index is 0.423. The summed E-state index contributed by atoms with van der Waals surface area (Å²) >= 11 is 0. The Morgan fingerprint density at radius 3 is 2.23 bits per heavy atom. The van der Waals surface area contributed by atoms with Crippen LogP contribution in [-0.2, 0) is 0 Å². The van der Waals surface area contributed by atoms with Crippen LogP contribution in [-0.4, -0.2) is 10.2 Å². The lowest BCUT2D eigenvalue weighted by molar-refractivity contribution is 0.868. The third kappa shape index (κ3) is 3.04. The quantitative estimate of drug-likeness (QED) is 0.483. The van der Waals surface area contributed by atoms with E-state index in [0.29, 0.717) is 5.92 Å². The van der Waals surface area contributed by atoms with E-state index < -0.39 is 0 Å². The van der Waals surface area contributed by atoms with E-state index in [9.17, 15) is 0 Å². The van der Waals surface area contributed by atoms with Crippen molar-refractivity contribution in [2.24, 2.45) is 0 Å². The van der Waals surface area contributed by atoms with E-state index >= 15 is 0 Å². The molecule has 0 saturated heterocycles. The van der Waals surface area contributed by atoms with Crippen LogP contribution < -0.4 is 5.32 Å². The molecule has 128 valence electrons. The van der Waals surface area contributed by atoms with E-state index in [1.54, 1.807) is 0 Å². The second-order valence-corrected chi connectivity index (χ2v) is 6.67. The SMILES string of the molecule is CC(C)c1ccccc1Nc1nnc2ccccc2c1-c1ccccc1. The van der Waals surface area contributed by atoms with Gasteiger partial charge in [-0.3, -0.25) is 0 Å². The van der Waals surface area contributed by atoms with Gasteiger partial charge in [0.1, 0.15) is 0 Å². The summed E-state index contributed by atoms with van der Waals surface area (Å²) in [5.41, 5.74) is 5.44. The standard InChI is InChI=1S/C23H21N3/c1-16(2)18-12-6-8-14-20(18)24-23-22(17-10-4-3-5-11-17)19-13-7-9-15-21(19)25-26-23/h3-16H,1-2H3,(H,24,26). The molecule has 0 fully saturated rings. The zero-order chi connectivity index (χ0) is 17.9. The maximum atomic E-state index is 4.52. The fraction of sp³-hybridized carbons (Fsp3) is 0.130. The number of rotatable bonds is 4. The number of anilines is 2. The Morgan fingerprint density at radius 2 is 1.42 bits per heavy atom. The molecule has 1 N–H and O–H groups in total. The number of hydrogen-bond donors (Lipinski definition) is 1. The Morgan fingerprint density at radius 1 is 0.731 bits per heavy atom. The molecule has 4 aromatic rings. The summed E-state index contributed by atoms with van der Waals surface area (Å²) in [5, 5.41) is 13.6. The van der Waals surface area contributed by atoms with Gasteiger partial charge in [-0.1, -0.05) is 80.6 Å². The molecule has 3 nitrogen and oxygen atoms in total. The van der Waals surface area contributed by atoms with E-state index in [4.69, 9.17) is 0 Å². The molecular formula is C23H21N3. The van der Waals surface area contributed by atoms with Gasteiger partial charge < -0.3 is 5.32 Å². The highest BCUT2D eigenvalue weighted by Gasteiger charge is 2.14. The molecule has 1 aromatic heterocycles. The summed E-state index contributed by atoms with van der Waals surface area (Å²) in [4.78, 5) is 0. The molecule has 0 saturated carbocycles. The summed E-state index contributed by atoms with van der Waals surface area (Å²) in [5.74, 6) is 1.20. The molecule has 0 aliphatic heterocycles. The van der Waals surface area contributed by atoms with Crippen molar-refractivity contribution in [3.05, 3.63) is 84.4 Å². The summed E-state index contributed by atoms with van der Waals surface area (Å²) in [6.07, 6.45) is 0. The Hall–Kier alpha value is -3.20. The Balaban J connectivity index is 1.91. The predicted octanol–water partition coefficient (Wildman–Crippen LogP) is 6.16. The zero-order valence-corrected chi connectivity index (χ0v) is 15.0. The first-order chi connectivity index (χ1) is 12.7. The largest absolute Gasteiger partial charge is 0.338 e. The van der Waals surface area contributed by atoms with E-state index in [2.05, 4.69) is 77.9 Å². The third-order valence-electron chi connectivity index (χ3n) is 4.57. The summed E-state index contributed by atoms with van der Waals surface area (Å²) in [6, 6.07) is 26.9. The van der Waals surface area contributed by atoms with Crippen molar-refractivity contribution >= 4 is 22.4 Å². The summed E-state index contributed by atoms with van der Waals surface area (Å²) < 4.78 is 0. The van der Waals surface area contributed by atoms with Gasteiger partial charge in [0, 0.05) is 16.6 Å². The van der Waals surface area contributed by atoms with Crippen LogP contribution in [0, 0.1) is 0 Å². The average Bonchev–Trinajstić information content (AvgIpc) is 2.69. The van der Waals surface area contributed by atoms with Gasteiger partial charge in [0.25, 0.3) is 0 Å². The number of nitrogens with zero attached hydrogens (tertiary/aromatic N) is 2. The van der Waals surface area contributed by atoms with Crippen LogP contribution in [0.4, 0.5) is 11.5 Å². The minimum Gasteiger partial charge on any atom is -0.338 e. The van der Waals surface area contributed by atoms with Crippen molar-refractivity contribution in [1.82, 2.24) is 10.2 Å². The third-order valence-corrected chi connectivity index (χ3v) is 4.57. The van der Waals surface area contributed by atoms with Crippen LogP contribution in [0.2, 0.25) is 0 Å². The fourth-order valence-electron chi connectivity index (χ4n) is 3.28. The molecule has 0 spiro atoms. The maximum absolute atomic E-state index is 4.52.